The zero-order valence-electron chi connectivity index (χ0n) is 13.6. The third-order valence-electron chi connectivity index (χ3n) is 7.80. The highest BCUT2D eigenvalue weighted by molar-refractivity contribution is 5.16. The van der Waals surface area contributed by atoms with Crippen molar-refractivity contribution in [2.45, 2.75) is 65.3 Å². The highest BCUT2D eigenvalue weighted by Crippen LogP contribution is 2.71. The van der Waals surface area contributed by atoms with Crippen molar-refractivity contribution in [3.05, 3.63) is 0 Å². The molecule has 1 heteroatoms. The van der Waals surface area contributed by atoms with Gasteiger partial charge in [0.2, 0.25) is 0 Å². The molecule has 0 radical (unpaired) electrons. The molecule has 8 atom stereocenters. The average Bonchev–Trinajstić information content (AvgIpc) is 2.86. The van der Waals surface area contributed by atoms with Gasteiger partial charge in [0, 0.05) is 6.04 Å². The lowest BCUT2D eigenvalue weighted by atomic mass is 9.71. The first-order valence-corrected chi connectivity index (χ1v) is 9.44. The molecule has 0 spiro atoms. The van der Waals surface area contributed by atoms with Crippen LogP contribution in [0.15, 0.2) is 0 Å². The lowest BCUT2D eigenvalue weighted by Crippen LogP contribution is -2.42. The summed E-state index contributed by atoms with van der Waals surface area (Å²) >= 11 is 0. The molecule has 0 heterocycles. The average molecular weight is 275 g/mol. The van der Waals surface area contributed by atoms with Crippen LogP contribution in [0, 0.1) is 47.3 Å². The summed E-state index contributed by atoms with van der Waals surface area (Å²) in [6, 6.07) is 0.869. The first kappa shape index (κ1) is 13.6. The molecule has 4 fully saturated rings. The fraction of sp³-hybridized carbons (Fsp3) is 1.00. The lowest BCUT2D eigenvalue weighted by Gasteiger charge is -2.38. The molecule has 0 aliphatic heterocycles. The summed E-state index contributed by atoms with van der Waals surface area (Å²) in [5, 5.41) is 3.95. The van der Waals surface area contributed by atoms with Crippen molar-refractivity contribution in [2.75, 3.05) is 6.54 Å². The van der Waals surface area contributed by atoms with Crippen LogP contribution in [0.4, 0.5) is 0 Å². The zero-order chi connectivity index (χ0) is 13.9. The van der Waals surface area contributed by atoms with Crippen molar-refractivity contribution < 1.29 is 0 Å². The predicted octanol–water partition coefficient (Wildman–Crippen LogP) is 4.33. The Labute approximate surface area is 125 Å². The second-order valence-corrected chi connectivity index (χ2v) is 8.68. The molecular formula is C19H33N. The van der Waals surface area contributed by atoms with Gasteiger partial charge in [-0.25, -0.2) is 0 Å². The van der Waals surface area contributed by atoms with Crippen molar-refractivity contribution >= 4 is 0 Å². The number of rotatable bonds is 4. The molecule has 0 aromatic rings. The molecule has 4 rings (SSSR count). The van der Waals surface area contributed by atoms with Crippen molar-refractivity contribution in [3.63, 3.8) is 0 Å². The minimum Gasteiger partial charge on any atom is -0.314 e. The summed E-state index contributed by atoms with van der Waals surface area (Å²) in [5.74, 6) is 8.53. The van der Waals surface area contributed by atoms with E-state index >= 15 is 0 Å². The van der Waals surface area contributed by atoms with Gasteiger partial charge in [0.25, 0.3) is 0 Å². The molecule has 114 valence electrons. The third kappa shape index (κ3) is 1.99. The highest BCUT2D eigenvalue weighted by Gasteiger charge is 2.67. The van der Waals surface area contributed by atoms with Crippen molar-refractivity contribution in [2.24, 2.45) is 47.3 Å². The van der Waals surface area contributed by atoms with E-state index < -0.39 is 0 Å². The van der Waals surface area contributed by atoms with Crippen LogP contribution < -0.4 is 5.32 Å². The van der Waals surface area contributed by atoms with E-state index in [0.29, 0.717) is 0 Å². The van der Waals surface area contributed by atoms with Crippen LogP contribution in [0.1, 0.15) is 59.3 Å². The van der Waals surface area contributed by atoms with Gasteiger partial charge in [-0.2, -0.15) is 0 Å². The SMILES string of the molecule is CCNC(C1CCC(C)C(C)C1)C1C2C3CCC(C3)C21. The fourth-order valence-electron chi connectivity index (χ4n) is 6.64. The van der Waals surface area contributed by atoms with Gasteiger partial charge in [-0.15, -0.1) is 0 Å². The summed E-state index contributed by atoms with van der Waals surface area (Å²) in [7, 11) is 0. The highest BCUT2D eigenvalue weighted by atomic mass is 15.0. The lowest BCUT2D eigenvalue weighted by molar-refractivity contribution is 0.151. The monoisotopic (exact) mass is 275 g/mol. The van der Waals surface area contributed by atoms with Crippen LogP contribution in [0.25, 0.3) is 0 Å². The number of hydrogen-bond acceptors (Lipinski definition) is 1. The second kappa shape index (κ2) is 5.00. The van der Waals surface area contributed by atoms with Gasteiger partial charge < -0.3 is 5.32 Å². The van der Waals surface area contributed by atoms with Crippen LogP contribution >= 0.6 is 0 Å². The smallest absolute Gasteiger partial charge is 0.0129 e. The molecule has 1 nitrogen and oxygen atoms in total. The van der Waals surface area contributed by atoms with Crippen LogP contribution in [0.5, 0.6) is 0 Å². The summed E-state index contributed by atoms with van der Waals surface area (Å²) in [5.41, 5.74) is 0. The maximum absolute atomic E-state index is 3.95. The van der Waals surface area contributed by atoms with Crippen LogP contribution in [0.3, 0.4) is 0 Å². The van der Waals surface area contributed by atoms with E-state index in [1.54, 1.807) is 19.3 Å². The molecule has 0 amide bonds. The van der Waals surface area contributed by atoms with E-state index in [0.717, 1.165) is 53.4 Å². The molecule has 0 aromatic heterocycles. The molecule has 4 saturated carbocycles. The minimum atomic E-state index is 0.869. The van der Waals surface area contributed by atoms with E-state index in [2.05, 4.69) is 26.1 Å². The molecule has 20 heavy (non-hydrogen) atoms. The Kier molecular flexibility index (Phi) is 3.41. The molecule has 1 N–H and O–H groups in total. The first-order valence-electron chi connectivity index (χ1n) is 9.44. The summed E-state index contributed by atoms with van der Waals surface area (Å²) in [6.45, 7) is 8.46. The maximum Gasteiger partial charge on any atom is 0.0129 e. The standard InChI is InChI=1S/C19H33N/c1-4-20-19(15-6-5-11(2)12(3)9-15)18-16-13-7-8-14(10-13)17(16)18/h11-20H,4-10H2,1-3H3. The van der Waals surface area contributed by atoms with E-state index in [1.165, 1.54) is 25.8 Å². The molecule has 8 unspecified atom stereocenters. The first-order chi connectivity index (χ1) is 9.70. The predicted molar refractivity (Wildman–Crippen MR) is 84.4 cm³/mol. The van der Waals surface area contributed by atoms with Gasteiger partial charge in [0.1, 0.15) is 0 Å². The van der Waals surface area contributed by atoms with Gasteiger partial charge in [0.05, 0.1) is 0 Å². The Hall–Kier alpha value is -0.0400. The van der Waals surface area contributed by atoms with Gasteiger partial charge >= 0.3 is 0 Å². The molecular weight excluding hydrogens is 242 g/mol. The van der Waals surface area contributed by atoms with Gasteiger partial charge in [-0.05, 0) is 86.0 Å². The van der Waals surface area contributed by atoms with Crippen LogP contribution in [-0.4, -0.2) is 12.6 Å². The topological polar surface area (TPSA) is 12.0 Å². The Morgan fingerprint density at radius 3 is 2.20 bits per heavy atom. The maximum atomic E-state index is 3.95. The minimum absolute atomic E-state index is 0.869. The Morgan fingerprint density at radius 2 is 1.60 bits per heavy atom. The largest absolute Gasteiger partial charge is 0.314 e. The molecule has 0 aromatic carbocycles. The quantitative estimate of drug-likeness (QED) is 0.805. The van der Waals surface area contributed by atoms with Crippen LogP contribution in [-0.2, 0) is 0 Å². The number of hydrogen-bond donors (Lipinski definition) is 1. The Morgan fingerprint density at radius 1 is 0.900 bits per heavy atom. The van der Waals surface area contributed by atoms with Crippen molar-refractivity contribution in [1.82, 2.24) is 5.32 Å². The molecule has 4 aliphatic rings. The van der Waals surface area contributed by atoms with Crippen molar-refractivity contribution in [1.29, 1.82) is 0 Å². The molecule has 2 bridgehead atoms. The molecule has 0 saturated heterocycles. The van der Waals surface area contributed by atoms with E-state index in [9.17, 15) is 0 Å². The van der Waals surface area contributed by atoms with Crippen molar-refractivity contribution in [3.8, 4) is 0 Å². The third-order valence-corrected chi connectivity index (χ3v) is 7.80. The van der Waals surface area contributed by atoms with E-state index in [-0.39, 0.29) is 0 Å². The van der Waals surface area contributed by atoms with Crippen LogP contribution in [0.2, 0.25) is 0 Å². The fourth-order valence-corrected chi connectivity index (χ4v) is 6.64. The second-order valence-electron chi connectivity index (χ2n) is 8.68. The van der Waals surface area contributed by atoms with Gasteiger partial charge in [-0.3, -0.25) is 0 Å². The number of nitrogens with one attached hydrogen (secondary N) is 1. The summed E-state index contributed by atoms with van der Waals surface area (Å²) in [6.07, 6.45) is 9.20. The number of fused-ring (bicyclic) bond motifs is 5. The van der Waals surface area contributed by atoms with Gasteiger partial charge in [0.15, 0.2) is 0 Å². The normalized spacial score (nSPS) is 54.8. The molecule has 4 aliphatic carbocycles. The Bertz CT molecular complexity index is 349. The van der Waals surface area contributed by atoms with E-state index in [1.807, 2.05) is 0 Å². The summed E-state index contributed by atoms with van der Waals surface area (Å²) in [4.78, 5) is 0. The Balaban J connectivity index is 1.46. The van der Waals surface area contributed by atoms with E-state index in [4.69, 9.17) is 0 Å². The summed E-state index contributed by atoms with van der Waals surface area (Å²) < 4.78 is 0. The van der Waals surface area contributed by atoms with Gasteiger partial charge in [-0.1, -0.05) is 27.2 Å². The zero-order valence-corrected chi connectivity index (χ0v) is 13.6.